The zero-order chi connectivity index (χ0) is 15.2. The number of hydrogen-bond donors (Lipinski definition) is 2. The van der Waals surface area contributed by atoms with Crippen LogP contribution in [0.4, 0.5) is 5.69 Å². The fraction of sp³-hybridized carbons (Fsp3) is 0.333. The Labute approximate surface area is 127 Å². The largest absolute Gasteiger partial charge is 0.491 e. The van der Waals surface area contributed by atoms with Crippen LogP contribution in [0.3, 0.4) is 0 Å². The Morgan fingerprint density at radius 3 is 2.29 bits per heavy atom. The van der Waals surface area contributed by atoms with Crippen LogP contribution < -0.4 is 15.8 Å². The van der Waals surface area contributed by atoms with Crippen LogP contribution in [0.5, 0.6) is 5.75 Å². The van der Waals surface area contributed by atoms with Crippen molar-refractivity contribution in [2.45, 2.75) is 32.9 Å². The zero-order valence-electron chi connectivity index (χ0n) is 13.0. The van der Waals surface area contributed by atoms with E-state index in [4.69, 9.17) is 10.5 Å². The fourth-order valence-corrected chi connectivity index (χ4v) is 2.25. The topological polar surface area (TPSA) is 47.3 Å². The first-order valence-electron chi connectivity index (χ1n) is 7.39. The minimum Gasteiger partial charge on any atom is -0.491 e. The van der Waals surface area contributed by atoms with Crippen molar-refractivity contribution in [3.63, 3.8) is 0 Å². The minimum atomic E-state index is 0.0965. The van der Waals surface area contributed by atoms with Crippen LogP contribution in [0.2, 0.25) is 0 Å². The van der Waals surface area contributed by atoms with Crippen molar-refractivity contribution in [2.75, 3.05) is 11.9 Å². The molecule has 0 aliphatic carbocycles. The SMILES string of the molecule is Cc1ccccc1NC(CN)c1ccc(OC(C)C)cc1. The maximum Gasteiger partial charge on any atom is 0.119 e. The van der Waals surface area contributed by atoms with Gasteiger partial charge in [-0.1, -0.05) is 30.3 Å². The Hall–Kier alpha value is -2.00. The van der Waals surface area contributed by atoms with E-state index in [9.17, 15) is 0 Å². The summed E-state index contributed by atoms with van der Waals surface area (Å²) in [4.78, 5) is 0. The van der Waals surface area contributed by atoms with Gasteiger partial charge in [-0.15, -0.1) is 0 Å². The van der Waals surface area contributed by atoms with E-state index in [-0.39, 0.29) is 12.1 Å². The second-order valence-corrected chi connectivity index (χ2v) is 5.48. The van der Waals surface area contributed by atoms with Crippen molar-refractivity contribution in [2.24, 2.45) is 5.73 Å². The summed E-state index contributed by atoms with van der Waals surface area (Å²) in [6, 6.07) is 16.5. The van der Waals surface area contributed by atoms with Crippen molar-refractivity contribution >= 4 is 5.69 Å². The van der Waals surface area contributed by atoms with E-state index < -0.39 is 0 Å². The van der Waals surface area contributed by atoms with E-state index in [2.05, 4.69) is 36.5 Å². The maximum absolute atomic E-state index is 5.93. The van der Waals surface area contributed by atoms with Crippen molar-refractivity contribution in [1.29, 1.82) is 0 Å². The number of hydrogen-bond acceptors (Lipinski definition) is 3. The highest BCUT2D eigenvalue weighted by Crippen LogP contribution is 2.23. The zero-order valence-corrected chi connectivity index (χ0v) is 13.0. The first kappa shape index (κ1) is 15.4. The lowest BCUT2D eigenvalue weighted by Gasteiger charge is -2.20. The molecule has 0 bridgehead atoms. The van der Waals surface area contributed by atoms with Crippen LogP contribution in [0.25, 0.3) is 0 Å². The normalized spacial score (nSPS) is 12.2. The molecule has 0 amide bonds. The smallest absolute Gasteiger partial charge is 0.119 e. The molecule has 3 nitrogen and oxygen atoms in total. The number of rotatable bonds is 6. The Kier molecular flexibility index (Phi) is 5.23. The van der Waals surface area contributed by atoms with Gasteiger partial charge in [0, 0.05) is 12.2 Å². The summed E-state index contributed by atoms with van der Waals surface area (Å²) in [5.74, 6) is 0.889. The fourth-order valence-electron chi connectivity index (χ4n) is 2.25. The summed E-state index contributed by atoms with van der Waals surface area (Å²) < 4.78 is 5.67. The summed E-state index contributed by atoms with van der Waals surface area (Å²) in [5, 5.41) is 3.51. The van der Waals surface area contributed by atoms with Crippen molar-refractivity contribution in [3.8, 4) is 5.75 Å². The molecule has 2 aromatic rings. The van der Waals surface area contributed by atoms with E-state index in [1.165, 1.54) is 5.56 Å². The van der Waals surface area contributed by atoms with Gasteiger partial charge in [0.25, 0.3) is 0 Å². The van der Waals surface area contributed by atoms with Gasteiger partial charge in [0.1, 0.15) is 5.75 Å². The van der Waals surface area contributed by atoms with Crippen LogP contribution >= 0.6 is 0 Å². The average molecular weight is 284 g/mol. The summed E-state index contributed by atoms with van der Waals surface area (Å²) in [6.07, 6.45) is 0.186. The van der Waals surface area contributed by atoms with E-state index in [0.717, 1.165) is 17.0 Å². The second kappa shape index (κ2) is 7.14. The van der Waals surface area contributed by atoms with Gasteiger partial charge in [0.2, 0.25) is 0 Å². The highest BCUT2D eigenvalue weighted by molar-refractivity contribution is 5.52. The van der Waals surface area contributed by atoms with Gasteiger partial charge in [0.05, 0.1) is 12.1 Å². The number of anilines is 1. The molecule has 0 spiro atoms. The Balaban J connectivity index is 2.12. The molecule has 2 aromatic carbocycles. The molecule has 0 aliphatic rings. The molecule has 112 valence electrons. The highest BCUT2D eigenvalue weighted by Gasteiger charge is 2.10. The average Bonchev–Trinajstić information content (AvgIpc) is 2.47. The third kappa shape index (κ3) is 4.23. The molecule has 0 saturated heterocycles. The van der Waals surface area contributed by atoms with Gasteiger partial charge in [-0.3, -0.25) is 0 Å². The summed E-state index contributed by atoms with van der Waals surface area (Å²) in [5.41, 5.74) is 9.43. The molecule has 3 heteroatoms. The van der Waals surface area contributed by atoms with Gasteiger partial charge >= 0.3 is 0 Å². The lowest BCUT2D eigenvalue weighted by atomic mass is 10.1. The molecular formula is C18H24N2O. The molecule has 0 saturated carbocycles. The number of para-hydroxylation sites is 1. The van der Waals surface area contributed by atoms with E-state index >= 15 is 0 Å². The standard InChI is InChI=1S/C18H24N2O/c1-13(2)21-16-10-8-15(9-11-16)18(12-19)20-17-7-5-4-6-14(17)3/h4-11,13,18,20H,12,19H2,1-3H3. The Bertz CT molecular complexity index is 564. The first-order chi connectivity index (χ1) is 10.1. The number of aryl methyl sites for hydroxylation is 1. The first-order valence-corrected chi connectivity index (χ1v) is 7.39. The Morgan fingerprint density at radius 1 is 1.05 bits per heavy atom. The Morgan fingerprint density at radius 2 is 1.71 bits per heavy atom. The van der Waals surface area contributed by atoms with Gasteiger partial charge in [0.15, 0.2) is 0 Å². The molecule has 0 fully saturated rings. The summed E-state index contributed by atoms with van der Waals surface area (Å²) >= 11 is 0. The summed E-state index contributed by atoms with van der Waals surface area (Å²) in [6.45, 7) is 6.68. The van der Waals surface area contributed by atoms with Gasteiger partial charge in [-0.05, 0) is 50.1 Å². The summed E-state index contributed by atoms with van der Waals surface area (Å²) in [7, 11) is 0. The molecule has 21 heavy (non-hydrogen) atoms. The number of benzene rings is 2. The molecule has 0 heterocycles. The number of nitrogens with two attached hydrogens (primary N) is 1. The van der Waals surface area contributed by atoms with Gasteiger partial charge in [-0.2, -0.15) is 0 Å². The predicted molar refractivity (Wildman–Crippen MR) is 88.8 cm³/mol. The lowest BCUT2D eigenvalue weighted by molar-refractivity contribution is 0.242. The monoisotopic (exact) mass is 284 g/mol. The lowest BCUT2D eigenvalue weighted by Crippen LogP contribution is -2.21. The van der Waals surface area contributed by atoms with E-state index in [1.807, 2.05) is 38.1 Å². The highest BCUT2D eigenvalue weighted by atomic mass is 16.5. The van der Waals surface area contributed by atoms with Crippen molar-refractivity contribution < 1.29 is 4.74 Å². The quantitative estimate of drug-likeness (QED) is 0.846. The van der Waals surface area contributed by atoms with Crippen LogP contribution in [0.15, 0.2) is 48.5 Å². The molecule has 0 aliphatic heterocycles. The van der Waals surface area contributed by atoms with E-state index in [1.54, 1.807) is 0 Å². The van der Waals surface area contributed by atoms with Crippen molar-refractivity contribution in [3.05, 3.63) is 59.7 Å². The molecule has 2 rings (SSSR count). The third-order valence-corrected chi connectivity index (χ3v) is 3.36. The molecule has 1 atom stereocenters. The molecular weight excluding hydrogens is 260 g/mol. The maximum atomic E-state index is 5.93. The molecule has 0 aromatic heterocycles. The van der Waals surface area contributed by atoms with Crippen LogP contribution in [0.1, 0.15) is 31.0 Å². The minimum absolute atomic E-state index is 0.0965. The third-order valence-electron chi connectivity index (χ3n) is 3.36. The van der Waals surface area contributed by atoms with Crippen LogP contribution in [-0.2, 0) is 0 Å². The molecule has 3 N–H and O–H groups in total. The van der Waals surface area contributed by atoms with Crippen molar-refractivity contribution in [1.82, 2.24) is 0 Å². The van der Waals surface area contributed by atoms with Gasteiger partial charge < -0.3 is 15.8 Å². The number of nitrogens with one attached hydrogen (secondary N) is 1. The number of ether oxygens (including phenoxy) is 1. The second-order valence-electron chi connectivity index (χ2n) is 5.48. The van der Waals surface area contributed by atoms with Gasteiger partial charge in [-0.25, -0.2) is 0 Å². The van der Waals surface area contributed by atoms with Crippen LogP contribution in [0, 0.1) is 6.92 Å². The molecule has 1 unspecified atom stereocenters. The molecule has 0 radical (unpaired) electrons. The van der Waals surface area contributed by atoms with Crippen LogP contribution in [-0.4, -0.2) is 12.6 Å². The predicted octanol–water partition coefficient (Wildman–Crippen LogP) is 3.89. The van der Waals surface area contributed by atoms with E-state index in [0.29, 0.717) is 6.54 Å².